The third kappa shape index (κ3) is 4.14. The zero-order valence-electron chi connectivity index (χ0n) is 13.7. The predicted octanol–water partition coefficient (Wildman–Crippen LogP) is 1.54. The number of nitrogens with zero attached hydrogens (tertiary/aromatic N) is 4. The van der Waals surface area contributed by atoms with Gasteiger partial charge in [-0.25, -0.2) is 9.59 Å². The molecule has 1 aliphatic rings. The van der Waals surface area contributed by atoms with Gasteiger partial charge in [0.1, 0.15) is 0 Å². The summed E-state index contributed by atoms with van der Waals surface area (Å²) in [4.78, 5) is 23.7. The highest BCUT2D eigenvalue weighted by atomic mass is 35.5. The highest BCUT2D eigenvalue weighted by Crippen LogP contribution is 2.23. The molecule has 0 spiro atoms. The average molecular weight is 395 g/mol. The molecule has 1 aromatic heterocycles. The summed E-state index contributed by atoms with van der Waals surface area (Å²) in [7, 11) is 0. The van der Waals surface area contributed by atoms with Crippen LogP contribution in [0.15, 0.2) is 40.7 Å². The summed E-state index contributed by atoms with van der Waals surface area (Å²) < 4.78 is 6.56. The predicted molar refractivity (Wildman–Crippen MR) is 95.1 cm³/mol. The smallest absolute Gasteiger partial charge is 0.337 e. The first-order chi connectivity index (χ1) is 12.6. The molecule has 136 valence electrons. The van der Waals surface area contributed by atoms with E-state index in [0.717, 1.165) is 0 Å². The van der Waals surface area contributed by atoms with Crippen molar-refractivity contribution in [3.63, 3.8) is 0 Å². The van der Waals surface area contributed by atoms with E-state index in [2.05, 4.69) is 26.2 Å². The van der Waals surface area contributed by atoms with Crippen molar-refractivity contribution in [2.75, 3.05) is 18.9 Å². The van der Waals surface area contributed by atoms with Crippen molar-refractivity contribution in [1.29, 1.82) is 0 Å². The number of halogens is 1. The standard InChI is InChI=1S/C15H15ClN6O3S/c1-2-25-13(23)11-7-17-14(24)18-12(11)8-26-15-19-20-21-22(15)10-5-3-4-9(16)6-10/h3-6H,2,7-8H2,1H3,(H2,17,18,24). The number of carbonyl (C=O) groups excluding carboxylic acids is 2. The van der Waals surface area contributed by atoms with E-state index in [1.165, 1.54) is 16.4 Å². The molecule has 1 aliphatic heterocycles. The van der Waals surface area contributed by atoms with Crippen molar-refractivity contribution in [2.45, 2.75) is 12.1 Å². The van der Waals surface area contributed by atoms with Crippen molar-refractivity contribution < 1.29 is 14.3 Å². The Kier molecular flexibility index (Phi) is 5.74. The van der Waals surface area contributed by atoms with Gasteiger partial charge in [0.2, 0.25) is 5.16 Å². The number of urea groups is 1. The molecule has 0 bridgehead atoms. The lowest BCUT2D eigenvalue weighted by Crippen LogP contribution is -2.44. The SMILES string of the molecule is CCOC(=O)C1=C(CSc2nnnn2-c2cccc(Cl)c2)NC(=O)NC1. The van der Waals surface area contributed by atoms with Gasteiger partial charge >= 0.3 is 12.0 Å². The van der Waals surface area contributed by atoms with Crippen molar-refractivity contribution in [1.82, 2.24) is 30.8 Å². The van der Waals surface area contributed by atoms with Gasteiger partial charge in [-0.2, -0.15) is 4.68 Å². The fraction of sp³-hybridized carbons (Fsp3) is 0.267. The Hall–Kier alpha value is -2.59. The van der Waals surface area contributed by atoms with E-state index in [1.807, 2.05) is 6.07 Å². The van der Waals surface area contributed by atoms with E-state index in [1.54, 1.807) is 25.1 Å². The fourth-order valence-corrected chi connectivity index (χ4v) is 3.31. The molecule has 1 aromatic carbocycles. The Labute approximate surface area is 158 Å². The number of amides is 2. The van der Waals surface area contributed by atoms with Gasteiger partial charge in [0.05, 0.1) is 24.4 Å². The maximum absolute atomic E-state index is 12.1. The van der Waals surface area contributed by atoms with Crippen LogP contribution in [0.2, 0.25) is 5.02 Å². The van der Waals surface area contributed by atoms with Crippen LogP contribution in [0.1, 0.15) is 6.92 Å². The molecule has 9 nitrogen and oxygen atoms in total. The van der Waals surface area contributed by atoms with Crippen molar-refractivity contribution in [2.24, 2.45) is 0 Å². The topological polar surface area (TPSA) is 111 Å². The first-order valence-electron chi connectivity index (χ1n) is 7.69. The molecule has 0 fully saturated rings. The molecular weight excluding hydrogens is 380 g/mol. The molecule has 0 unspecified atom stereocenters. The monoisotopic (exact) mass is 394 g/mol. The number of thioether (sulfide) groups is 1. The number of rotatable bonds is 6. The Morgan fingerprint density at radius 2 is 2.31 bits per heavy atom. The second-order valence-corrected chi connectivity index (χ2v) is 6.51. The number of hydrogen-bond acceptors (Lipinski definition) is 7. The van der Waals surface area contributed by atoms with Gasteiger partial charge in [0, 0.05) is 16.5 Å². The molecule has 0 atom stereocenters. The van der Waals surface area contributed by atoms with Crippen LogP contribution in [-0.2, 0) is 9.53 Å². The van der Waals surface area contributed by atoms with E-state index in [-0.39, 0.29) is 19.2 Å². The van der Waals surface area contributed by atoms with Gasteiger partial charge < -0.3 is 15.4 Å². The van der Waals surface area contributed by atoms with Crippen LogP contribution in [0.5, 0.6) is 0 Å². The van der Waals surface area contributed by atoms with Crippen LogP contribution in [0, 0.1) is 0 Å². The Morgan fingerprint density at radius 1 is 1.46 bits per heavy atom. The summed E-state index contributed by atoms with van der Waals surface area (Å²) in [6.45, 7) is 2.09. The third-order valence-corrected chi connectivity index (χ3v) is 4.60. The molecule has 0 saturated heterocycles. The summed E-state index contributed by atoms with van der Waals surface area (Å²) in [5.41, 5.74) is 1.55. The minimum atomic E-state index is -0.468. The molecule has 0 aliphatic carbocycles. The van der Waals surface area contributed by atoms with Gasteiger partial charge in [-0.15, -0.1) is 5.10 Å². The number of aromatic nitrogens is 4. The van der Waals surface area contributed by atoms with E-state index < -0.39 is 5.97 Å². The first-order valence-corrected chi connectivity index (χ1v) is 9.06. The minimum Gasteiger partial charge on any atom is -0.463 e. The van der Waals surface area contributed by atoms with E-state index in [9.17, 15) is 9.59 Å². The Morgan fingerprint density at radius 3 is 3.08 bits per heavy atom. The maximum Gasteiger partial charge on any atom is 0.337 e. The third-order valence-electron chi connectivity index (χ3n) is 3.42. The van der Waals surface area contributed by atoms with Gasteiger partial charge in [-0.05, 0) is 35.5 Å². The van der Waals surface area contributed by atoms with E-state index in [0.29, 0.717) is 32.9 Å². The van der Waals surface area contributed by atoms with Gasteiger partial charge in [0.15, 0.2) is 0 Å². The second-order valence-electron chi connectivity index (χ2n) is 5.13. The molecular formula is C15H15ClN6O3S. The van der Waals surface area contributed by atoms with Crippen LogP contribution in [0.25, 0.3) is 5.69 Å². The number of esters is 1. The lowest BCUT2D eigenvalue weighted by Gasteiger charge is -2.20. The number of hydrogen-bond donors (Lipinski definition) is 2. The fourth-order valence-electron chi connectivity index (χ4n) is 2.24. The molecule has 11 heteroatoms. The van der Waals surface area contributed by atoms with Crippen molar-refractivity contribution in [3.8, 4) is 5.69 Å². The molecule has 2 aromatic rings. The van der Waals surface area contributed by atoms with Crippen LogP contribution in [-0.4, -0.2) is 51.1 Å². The average Bonchev–Trinajstić information content (AvgIpc) is 3.09. The lowest BCUT2D eigenvalue weighted by molar-refractivity contribution is -0.138. The number of nitrogens with one attached hydrogen (secondary N) is 2. The summed E-state index contributed by atoms with van der Waals surface area (Å²) in [5, 5.41) is 17.9. The number of tetrazole rings is 1. The summed E-state index contributed by atoms with van der Waals surface area (Å²) in [6.07, 6.45) is 0. The zero-order valence-corrected chi connectivity index (χ0v) is 15.3. The zero-order chi connectivity index (χ0) is 18.5. The van der Waals surface area contributed by atoms with Gasteiger partial charge in [-0.1, -0.05) is 29.4 Å². The van der Waals surface area contributed by atoms with Gasteiger partial charge in [-0.3, -0.25) is 0 Å². The lowest BCUT2D eigenvalue weighted by atomic mass is 10.2. The van der Waals surface area contributed by atoms with Crippen molar-refractivity contribution in [3.05, 3.63) is 40.6 Å². The molecule has 2 heterocycles. The Balaban J connectivity index is 1.80. The summed E-state index contributed by atoms with van der Waals surface area (Å²) in [6, 6.07) is 6.73. The summed E-state index contributed by atoms with van der Waals surface area (Å²) >= 11 is 7.29. The van der Waals surface area contributed by atoms with Crippen LogP contribution >= 0.6 is 23.4 Å². The molecule has 0 radical (unpaired) electrons. The maximum atomic E-state index is 12.1. The normalized spacial score (nSPS) is 14.0. The van der Waals surface area contributed by atoms with Crippen LogP contribution in [0.3, 0.4) is 0 Å². The van der Waals surface area contributed by atoms with Crippen LogP contribution < -0.4 is 10.6 Å². The molecule has 26 heavy (non-hydrogen) atoms. The minimum absolute atomic E-state index is 0.111. The molecule has 2 N–H and O–H groups in total. The van der Waals surface area contributed by atoms with Gasteiger partial charge in [0.25, 0.3) is 0 Å². The molecule has 2 amide bonds. The van der Waals surface area contributed by atoms with Crippen LogP contribution in [0.4, 0.5) is 4.79 Å². The molecule has 3 rings (SSSR count). The largest absolute Gasteiger partial charge is 0.463 e. The number of carbonyl (C=O) groups is 2. The van der Waals surface area contributed by atoms with E-state index >= 15 is 0 Å². The number of ether oxygens (including phenoxy) is 1. The molecule has 0 saturated carbocycles. The highest BCUT2D eigenvalue weighted by Gasteiger charge is 2.24. The number of benzene rings is 1. The summed E-state index contributed by atoms with van der Waals surface area (Å²) in [5.74, 6) is -0.173. The van der Waals surface area contributed by atoms with Crippen molar-refractivity contribution >= 4 is 35.4 Å². The first kappa shape index (κ1) is 18.2. The Bertz CT molecular complexity index is 869. The quantitative estimate of drug-likeness (QED) is 0.564. The van der Waals surface area contributed by atoms with E-state index in [4.69, 9.17) is 16.3 Å². The highest BCUT2D eigenvalue weighted by molar-refractivity contribution is 7.99. The second kappa shape index (κ2) is 8.19.